The molecule has 0 spiro atoms. The lowest BCUT2D eigenvalue weighted by Crippen LogP contribution is -2.33. The summed E-state index contributed by atoms with van der Waals surface area (Å²) in [7, 11) is 0. The van der Waals surface area contributed by atoms with E-state index in [4.69, 9.17) is 10.8 Å². The maximum absolute atomic E-state index is 8.93. The molecule has 0 aromatic carbocycles. The Morgan fingerprint density at radius 2 is 1.94 bits per heavy atom. The molecular weight excluding hydrogens is 218 g/mol. The van der Waals surface area contributed by atoms with Crippen LogP contribution >= 0.6 is 0 Å². The summed E-state index contributed by atoms with van der Waals surface area (Å²) in [6.45, 7) is 4.77. The van der Waals surface area contributed by atoms with Gasteiger partial charge in [-0.15, -0.1) is 0 Å². The quantitative estimate of drug-likeness (QED) is 0.742. The Labute approximate surface area is 101 Å². The van der Waals surface area contributed by atoms with E-state index in [1.165, 1.54) is 0 Å². The highest BCUT2D eigenvalue weighted by Gasteiger charge is 2.16. The number of aliphatic hydroxyl groups excluding tert-OH is 1. The minimum Gasteiger partial charge on any atom is -0.396 e. The van der Waals surface area contributed by atoms with Gasteiger partial charge in [-0.2, -0.15) is 0 Å². The highest BCUT2D eigenvalue weighted by molar-refractivity contribution is 5.37. The Hall–Kier alpha value is -1.40. The number of nitrogens with zero attached hydrogens (tertiary/aromatic N) is 4. The van der Waals surface area contributed by atoms with Crippen LogP contribution in [0.2, 0.25) is 0 Å². The maximum Gasteiger partial charge on any atom is 0.225 e. The SMILES string of the molecule is Nc1cnc(N2CCCN(CCO)CC2)nc1. The molecule has 1 saturated heterocycles. The molecule has 6 heteroatoms. The van der Waals surface area contributed by atoms with Gasteiger partial charge in [0.05, 0.1) is 24.7 Å². The molecule has 1 aromatic rings. The largest absolute Gasteiger partial charge is 0.396 e. The molecule has 0 saturated carbocycles. The average molecular weight is 237 g/mol. The van der Waals surface area contributed by atoms with Crippen LogP contribution in [0.3, 0.4) is 0 Å². The summed E-state index contributed by atoms with van der Waals surface area (Å²) in [6.07, 6.45) is 4.34. The molecule has 0 aliphatic carbocycles. The average Bonchev–Trinajstić information content (AvgIpc) is 2.56. The molecule has 94 valence electrons. The Morgan fingerprint density at radius 1 is 1.18 bits per heavy atom. The zero-order chi connectivity index (χ0) is 12.1. The van der Waals surface area contributed by atoms with Gasteiger partial charge in [-0.3, -0.25) is 4.90 Å². The zero-order valence-corrected chi connectivity index (χ0v) is 9.92. The van der Waals surface area contributed by atoms with Crippen molar-refractivity contribution in [3.63, 3.8) is 0 Å². The number of aromatic nitrogens is 2. The van der Waals surface area contributed by atoms with Crippen LogP contribution in [0.1, 0.15) is 6.42 Å². The smallest absolute Gasteiger partial charge is 0.225 e. The van der Waals surface area contributed by atoms with E-state index < -0.39 is 0 Å². The normalized spacial score (nSPS) is 18.1. The van der Waals surface area contributed by atoms with Crippen molar-refractivity contribution >= 4 is 11.6 Å². The van der Waals surface area contributed by atoms with Gasteiger partial charge in [-0.25, -0.2) is 9.97 Å². The standard InChI is InChI=1S/C11H19N5O/c12-10-8-13-11(14-9-10)16-3-1-2-15(4-5-16)6-7-17/h8-9,17H,1-7,12H2. The summed E-state index contributed by atoms with van der Waals surface area (Å²) in [5.74, 6) is 0.741. The minimum atomic E-state index is 0.221. The maximum atomic E-state index is 8.93. The van der Waals surface area contributed by atoms with E-state index in [-0.39, 0.29) is 6.61 Å². The minimum absolute atomic E-state index is 0.221. The third kappa shape index (κ3) is 3.28. The molecule has 2 heterocycles. The van der Waals surface area contributed by atoms with Crippen LogP contribution in [0.5, 0.6) is 0 Å². The van der Waals surface area contributed by atoms with Gasteiger partial charge in [-0.05, 0) is 13.0 Å². The van der Waals surface area contributed by atoms with Crippen molar-refractivity contribution in [2.24, 2.45) is 0 Å². The van der Waals surface area contributed by atoms with E-state index in [9.17, 15) is 0 Å². The van der Waals surface area contributed by atoms with Crippen LogP contribution in [-0.2, 0) is 0 Å². The van der Waals surface area contributed by atoms with Crippen molar-refractivity contribution in [1.82, 2.24) is 14.9 Å². The summed E-state index contributed by atoms with van der Waals surface area (Å²) in [5, 5.41) is 8.93. The number of nitrogens with two attached hydrogens (primary N) is 1. The molecular formula is C11H19N5O. The van der Waals surface area contributed by atoms with Crippen molar-refractivity contribution in [1.29, 1.82) is 0 Å². The number of β-amino-alcohol motifs (C(OH)–C–C–N with tert-alkyl or cyclic N) is 1. The van der Waals surface area contributed by atoms with Crippen LogP contribution in [0.4, 0.5) is 11.6 Å². The first-order valence-electron chi connectivity index (χ1n) is 5.95. The van der Waals surface area contributed by atoms with Gasteiger partial charge in [0, 0.05) is 26.2 Å². The number of nitrogen functional groups attached to an aromatic ring is 1. The third-order valence-electron chi connectivity index (χ3n) is 2.95. The first-order valence-corrected chi connectivity index (χ1v) is 5.95. The number of hydrogen-bond donors (Lipinski definition) is 2. The van der Waals surface area contributed by atoms with Gasteiger partial charge < -0.3 is 15.7 Å². The Morgan fingerprint density at radius 3 is 2.65 bits per heavy atom. The molecule has 17 heavy (non-hydrogen) atoms. The molecule has 0 unspecified atom stereocenters. The van der Waals surface area contributed by atoms with Crippen LogP contribution in [0.25, 0.3) is 0 Å². The molecule has 0 amide bonds. The van der Waals surface area contributed by atoms with Crippen LogP contribution in [0, 0.1) is 0 Å². The lowest BCUT2D eigenvalue weighted by Gasteiger charge is -2.21. The van der Waals surface area contributed by atoms with E-state index in [0.29, 0.717) is 5.69 Å². The second kappa shape index (κ2) is 5.79. The van der Waals surface area contributed by atoms with Gasteiger partial charge in [-0.1, -0.05) is 0 Å². The molecule has 3 N–H and O–H groups in total. The van der Waals surface area contributed by atoms with Crippen LogP contribution in [-0.4, -0.2) is 59.3 Å². The number of hydrogen-bond acceptors (Lipinski definition) is 6. The van der Waals surface area contributed by atoms with Gasteiger partial charge in [0.2, 0.25) is 5.95 Å². The summed E-state index contributed by atoms with van der Waals surface area (Å²) >= 11 is 0. The summed E-state index contributed by atoms with van der Waals surface area (Å²) in [6, 6.07) is 0. The molecule has 0 radical (unpaired) electrons. The second-order valence-corrected chi connectivity index (χ2v) is 4.22. The van der Waals surface area contributed by atoms with Crippen molar-refractivity contribution in [2.45, 2.75) is 6.42 Å². The van der Waals surface area contributed by atoms with Gasteiger partial charge in [0.25, 0.3) is 0 Å². The van der Waals surface area contributed by atoms with E-state index >= 15 is 0 Å². The Kier molecular flexibility index (Phi) is 4.11. The molecule has 1 aliphatic rings. The first kappa shape index (κ1) is 12.1. The van der Waals surface area contributed by atoms with E-state index in [1.807, 2.05) is 0 Å². The Bertz CT molecular complexity index is 342. The molecule has 0 bridgehead atoms. The van der Waals surface area contributed by atoms with E-state index in [2.05, 4.69) is 19.8 Å². The highest BCUT2D eigenvalue weighted by atomic mass is 16.3. The molecule has 2 rings (SSSR count). The molecule has 1 fully saturated rings. The first-order chi connectivity index (χ1) is 8.29. The fraction of sp³-hybridized carbons (Fsp3) is 0.636. The second-order valence-electron chi connectivity index (χ2n) is 4.22. The molecule has 6 nitrogen and oxygen atoms in total. The molecule has 1 aromatic heterocycles. The van der Waals surface area contributed by atoms with Crippen molar-refractivity contribution < 1.29 is 5.11 Å². The molecule has 0 atom stereocenters. The summed E-state index contributed by atoms with van der Waals surface area (Å²) in [5.41, 5.74) is 6.16. The lowest BCUT2D eigenvalue weighted by atomic mass is 10.4. The van der Waals surface area contributed by atoms with Crippen molar-refractivity contribution in [3.05, 3.63) is 12.4 Å². The fourth-order valence-electron chi connectivity index (χ4n) is 2.03. The summed E-state index contributed by atoms with van der Waals surface area (Å²) in [4.78, 5) is 12.9. The highest BCUT2D eigenvalue weighted by Crippen LogP contribution is 2.11. The monoisotopic (exact) mass is 237 g/mol. The number of aliphatic hydroxyl groups is 1. The van der Waals surface area contributed by atoms with Gasteiger partial charge >= 0.3 is 0 Å². The zero-order valence-electron chi connectivity index (χ0n) is 9.92. The van der Waals surface area contributed by atoms with Crippen molar-refractivity contribution in [2.75, 3.05) is 50.0 Å². The van der Waals surface area contributed by atoms with Crippen LogP contribution in [0.15, 0.2) is 12.4 Å². The van der Waals surface area contributed by atoms with Crippen molar-refractivity contribution in [3.8, 4) is 0 Å². The Balaban J connectivity index is 1.96. The topological polar surface area (TPSA) is 78.5 Å². The lowest BCUT2D eigenvalue weighted by molar-refractivity contribution is 0.204. The summed E-state index contributed by atoms with van der Waals surface area (Å²) < 4.78 is 0. The van der Waals surface area contributed by atoms with Crippen LogP contribution < -0.4 is 10.6 Å². The molecule has 1 aliphatic heterocycles. The number of anilines is 2. The predicted molar refractivity (Wildman–Crippen MR) is 66.8 cm³/mol. The van der Waals surface area contributed by atoms with Gasteiger partial charge in [0.15, 0.2) is 0 Å². The fourth-order valence-corrected chi connectivity index (χ4v) is 2.03. The predicted octanol–water partition coefficient (Wildman–Crippen LogP) is -0.437. The van der Waals surface area contributed by atoms with E-state index in [1.54, 1.807) is 12.4 Å². The van der Waals surface area contributed by atoms with Gasteiger partial charge in [0.1, 0.15) is 0 Å². The third-order valence-corrected chi connectivity index (χ3v) is 2.95. The van der Waals surface area contributed by atoms with E-state index in [0.717, 1.165) is 45.1 Å². The number of rotatable bonds is 3.